The number of carbonyl (C=O) groups is 1. The first-order chi connectivity index (χ1) is 19.1. The molecule has 4 aromatic rings. The molecule has 3 aromatic carbocycles. The zero-order valence-corrected chi connectivity index (χ0v) is 22.6. The van der Waals surface area contributed by atoms with Gasteiger partial charge in [0, 0.05) is 62.2 Å². The first kappa shape index (κ1) is 25.3. The highest BCUT2D eigenvalue weighted by atomic mass is 16.7. The third kappa shape index (κ3) is 5.19. The number of nitrogens with one attached hydrogen (secondary N) is 1. The molecule has 202 valence electrons. The van der Waals surface area contributed by atoms with Crippen LogP contribution < -0.4 is 14.2 Å². The van der Waals surface area contributed by atoms with E-state index in [9.17, 15) is 4.79 Å². The molecule has 7 heteroatoms. The van der Waals surface area contributed by atoms with Crippen LogP contribution in [0.3, 0.4) is 0 Å². The van der Waals surface area contributed by atoms with Gasteiger partial charge in [-0.1, -0.05) is 43.3 Å². The van der Waals surface area contributed by atoms with Gasteiger partial charge in [-0.25, -0.2) is 0 Å². The van der Waals surface area contributed by atoms with Crippen LogP contribution in [0.25, 0.3) is 10.9 Å². The zero-order valence-electron chi connectivity index (χ0n) is 22.6. The smallest absolute Gasteiger partial charge is 0.231 e. The number of fused-ring (bicyclic) bond motifs is 2. The van der Waals surface area contributed by atoms with E-state index in [0.717, 1.165) is 73.0 Å². The van der Waals surface area contributed by atoms with Gasteiger partial charge in [0.2, 0.25) is 12.7 Å². The molecule has 1 fully saturated rings. The Morgan fingerprint density at radius 2 is 1.82 bits per heavy atom. The minimum absolute atomic E-state index is 0.0693. The molecule has 1 aromatic heterocycles. The first-order valence-electron chi connectivity index (χ1n) is 13.7. The van der Waals surface area contributed by atoms with Crippen LogP contribution in [0.1, 0.15) is 41.5 Å². The normalized spacial score (nSPS) is 16.0. The molecular formula is C32H35N3O4. The van der Waals surface area contributed by atoms with E-state index in [1.54, 1.807) is 7.11 Å². The van der Waals surface area contributed by atoms with E-state index < -0.39 is 0 Å². The molecule has 0 radical (unpaired) electrons. The van der Waals surface area contributed by atoms with Gasteiger partial charge in [-0.15, -0.1) is 0 Å². The summed E-state index contributed by atoms with van der Waals surface area (Å²) in [6.07, 6.45) is 3.46. The number of hydrogen-bond acceptors (Lipinski definition) is 5. The monoisotopic (exact) mass is 525 g/mol. The number of methoxy groups -OCH3 is 1. The number of rotatable bonds is 8. The van der Waals surface area contributed by atoms with Crippen LogP contribution in [0, 0.1) is 0 Å². The third-order valence-electron chi connectivity index (χ3n) is 8.03. The van der Waals surface area contributed by atoms with E-state index >= 15 is 0 Å². The number of aromatic nitrogens is 1. The third-order valence-corrected chi connectivity index (χ3v) is 8.03. The van der Waals surface area contributed by atoms with Gasteiger partial charge in [0.15, 0.2) is 11.5 Å². The molecule has 0 bridgehead atoms. The van der Waals surface area contributed by atoms with Gasteiger partial charge in [0.05, 0.1) is 7.11 Å². The average Bonchev–Trinajstić information content (AvgIpc) is 3.63. The number of aromatic amines is 1. The summed E-state index contributed by atoms with van der Waals surface area (Å²) in [7, 11) is 1.68. The van der Waals surface area contributed by atoms with Crippen molar-refractivity contribution in [2.24, 2.45) is 0 Å². The quantitative estimate of drug-likeness (QED) is 0.337. The summed E-state index contributed by atoms with van der Waals surface area (Å²) in [6, 6.07) is 20.7. The van der Waals surface area contributed by atoms with Crippen molar-refractivity contribution in [3.05, 3.63) is 89.1 Å². The Balaban J connectivity index is 1.18. The lowest BCUT2D eigenvalue weighted by Gasteiger charge is -2.35. The topological polar surface area (TPSA) is 67.0 Å². The summed E-state index contributed by atoms with van der Waals surface area (Å²) in [4.78, 5) is 21.6. The summed E-state index contributed by atoms with van der Waals surface area (Å²) < 4.78 is 16.5. The van der Waals surface area contributed by atoms with Gasteiger partial charge >= 0.3 is 0 Å². The van der Waals surface area contributed by atoms with Gasteiger partial charge < -0.3 is 24.1 Å². The van der Waals surface area contributed by atoms with Crippen molar-refractivity contribution in [2.45, 2.75) is 32.2 Å². The van der Waals surface area contributed by atoms with Crippen molar-refractivity contribution in [1.82, 2.24) is 14.8 Å². The Morgan fingerprint density at radius 1 is 1.00 bits per heavy atom. The van der Waals surface area contributed by atoms with Crippen LogP contribution in [0.4, 0.5) is 0 Å². The van der Waals surface area contributed by atoms with Crippen LogP contribution in [-0.4, -0.2) is 60.8 Å². The lowest BCUT2D eigenvalue weighted by molar-refractivity contribution is -0.133. The number of piperazine rings is 1. The second kappa shape index (κ2) is 11.0. The molecule has 1 unspecified atom stereocenters. The van der Waals surface area contributed by atoms with Gasteiger partial charge in [-0.2, -0.15) is 0 Å². The Labute approximate surface area is 229 Å². The van der Waals surface area contributed by atoms with E-state index in [0.29, 0.717) is 6.42 Å². The van der Waals surface area contributed by atoms with Crippen LogP contribution in [0.5, 0.6) is 17.2 Å². The number of amides is 1. The first-order valence-corrected chi connectivity index (χ1v) is 13.7. The summed E-state index contributed by atoms with van der Waals surface area (Å²) in [5, 5.41) is 1.18. The predicted octanol–water partition coefficient (Wildman–Crippen LogP) is 5.33. The Morgan fingerprint density at radius 3 is 2.64 bits per heavy atom. The fraction of sp³-hybridized carbons (Fsp3) is 0.344. The lowest BCUT2D eigenvalue weighted by Crippen LogP contribution is -2.48. The molecule has 2 aliphatic rings. The molecule has 1 amide bonds. The SMILES string of the molecule is CCc1cccc2c(C(CC(=O)N3CCN(Cc4ccc5c(c4)OCO5)CC3)c3cccc(OC)c3)c[nH]c12. The number of aryl methyl sites for hydroxylation is 1. The van der Waals surface area contributed by atoms with Gasteiger partial charge in [0.25, 0.3) is 0 Å². The fourth-order valence-electron chi connectivity index (χ4n) is 5.84. The minimum atomic E-state index is -0.0693. The zero-order chi connectivity index (χ0) is 26.8. The molecule has 0 aliphatic carbocycles. The summed E-state index contributed by atoms with van der Waals surface area (Å²) in [5.74, 6) is 2.54. The van der Waals surface area contributed by atoms with E-state index in [2.05, 4.69) is 65.5 Å². The molecular weight excluding hydrogens is 490 g/mol. The number of ether oxygens (including phenoxy) is 3. The van der Waals surface area contributed by atoms with E-state index in [1.807, 2.05) is 23.1 Å². The average molecular weight is 526 g/mol. The van der Waals surface area contributed by atoms with Crippen molar-refractivity contribution in [3.8, 4) is 17.2 Å². The van der Waals surface area contributed by atoms with Crippen molar-refractivity contribution in [2.75, 3.05) is 40.1 Å². The Hall–Kier alpha value is -3.97. The lowest BCUT2D eigenvalue weighted by atomic mass is 9.87. The molecule has 6 rings (SSSR count). The number of hydrogen-bond donors (Lipinski definition) is 1. The van der Waals surface area contributed by atoms with Crippen molar-refractivity contribution < 1.29 is 19.0 Å². The largest absolute Gasteiger partial charge is 0.497 e. The number of H-pyrrole nitrogens is 1. The second-order valence-electron chi connectivity index (χ2n) is 10.3. The maximum atomic E-state index is 13.7. The van der Waals surface area contributed by atoms with Crippen molar-refractivity contribution in [1.29, 1.82) is 0 Å². The standard InChI is InChI=1S/C32H35N3O4/c1-3-23-6-5-9-26-28(19-33-32(23)26)27(24-7-4-8-25(17-24)37-2)18-31(36)35-14-12-34(13-15-35)20-22-10-11-29-30(16-22)39-21-38-29/h4-11,16-17,19,27,33H,3,12-15,18,20-21H2,1-2H3. The summed E-state index contributed by atoms with van der Waals surface area (Å²) in [5.41, 5.74) is 5.89. The summed E-state index contributed by atoms with van der Waals surface area (Å²) in [6.45, 7) is 6.43. The van der Waals surface area contributed by atoms with Crippen LogP contribution in [0.2, 0.25) is 0 Å². The fourth-order valence-corrected chi connectivity index (χ4v) is 5.84. The number of nitrogens with zero attached hydrogens (tertiary/aromatic N) is 2. The Kier molecular flexibility index (Phi) is 7.16. The molecule has 3 heterocycles. The molecule has 1 saturated heterocycles. The molecule has 39 heavy (non-hydrogen) atoms. The highest BCUT2D eigenvalue weighted by molar-refractivity contribution is 5.88. The minimum Gasteiger partial charge on any atom is -0.497 e. The van der Waals surface area contributed by atoms with Crippen molar-refractivity contribution in [3.63, 3.8) is 0 Å². The maximum absolute atomic E-state index is 13.7. The van der Waals surface area contributed by atoms with Gasteiger partial charge in [-0.3, -0.25) is 9.69 Å². The van der Waals surface area contributed by atoms with Crippen molar-refractivity contribution >= 4 is 16.8 Å². The van der Waals surface area contributed by atoms with Crippen LogP contribution >= 0.6 is 0 Å². The molecule has 7 nitrogen and oxygen atoms in total. The molecule has 2 aliphatic heterocycles. The van der Waals surface area contributed by atoms with E-state index in [4.69, 9.17) is 14.2 Å². The van der Waals surface area contributed by atoms with Gasteiger partial charge in [-0.05, 0) is 52.9 Å². The van der Waals surface area contributed by atoms with Crippen LogP contribution in [0.15, 0.2) is 66.9 Å². The van der Waals surface area contributed by atoms with Gasteiger partial charge in [0.1, 0.15) is 5.75 Å². The number of para-hydroxylation sites is 1. The molecule has 1 N–H and O–H groups in total. The highest BCUT2D eigenvalue weighted by Gasteiger charge is 2.27. The Bertz CT molecular complexity index is 1470. The predicted molar refractivity (Wildman–Crippen MR) is 152 cm³/mol. The molecule has 0 spiro atoms. The van der Waals surface area contributed by atoms with E-state index in [-0.39, 0.29) is 18.6 Å². The van der Waals surface area contributed by atoms with E-state index in [1.165, 1.54) is 16.5 Å². The highest BCUT2D eigenvalue weighted by Crippen LogP contribution is 2.36. The number of carbonyl (C=O) groups excluding carboxylic acids is 1. The second-order valence-corrected chi connectivity index (χ2v) is 10.3. The number of benzene rings is 3. The summed E-state index contributed by atoms with van der Waals surface area (Å²) >= 11 is 0. The molecule has 1 atom stereocenters. The maximum Gasteiger partial charge on any atom is 0.231 e. The molecule has 0 saturated carbocycles. The van der Waals surface area contributed by atoms with Crippen LogP contribution in [-0.2, 0) is 17.8 Å².